The van der Waals surface area contributed by atoms with E-state index in [4.69, 9.17) is 0 Å². The average molecular weight is 635 g/mol. The van der Waals surface area contributed by atoms with Gasteiger partial charge in [-0.15, -0.1) is 0 Å². The van der Waals surface area contributed by atoms with Crippen molar-refractivity contribution in [3.05, 3.63) is 65.5 Å². The van der Waals surface area contributed by atoms with E-state index in [1.54, 1.807) is 13.8 Å². The molecule has 1 amide bonds. The molecule has 3 fully saturated rings. The maximum absolute atomic E-state index is 13.8. The third-order valence-corrected chi connectivity index (χ3v) is 10.3. The summed E-state index contributed by atoms with van der Waals surface area (Å²) in [5.41, 5.74) is -2.98. The number of carbonyl (C=O) groups is 1. The Morgan fingerprint density at radius 2 is 1.58 bits per heavy atom. The van der Waals surface area contributed by atoms with Gasteiger partial charge in [-0.25, -0.2) is 12.8 Å². The van der Waals surface area contributed by atoms with Crippen molar-refractivity contribution < 1.29 is 43.9 Å². The second-order valence-corrected chi connectivity index (χ2v) is 13.9. The third-order valence-electron chi connectivity index (χ3n) is 8.38. The highest BCUT2D eigenvalue weighted by Gasteiger charge is 2.75. The number of hydrogen-bond donors (Lipinski definition) is 2. The van der Waals surface area contributed by atoms with Gasteiger partial charge in [-0.2, -0.15) is 30.6 Å². The van der Waals surface area contributed by atoms with Crippen molar-refractivity contribution in [3.8, 4) is 0 Å². The minimum Gasteiger partial charge on any atom is -0.366 e. The fraction of sp³-hybridized carbons (Fsp3) is 0.500. The van der Waals surface area contributed by atoms with Crippen LogP contribution in [0.5, 0.6) is 0 Å². The number of carbonyl (C=O) groups excluding carboxylic acids is 1. The first-order chi connectivity index (χ1) is 19.8. The van der Waals surface area contributed by atoms with E-state index >= 15 is 0 Å². The number of amides is 1. The number of alkyl halides is 6. The number of rotatable bonds is 9. The summed E-state index contributed by atoms with van der Waals surface area (Å²) >= 11 is 0. The lowest BCUT2D eigenvalue weighted by atomic mass is 9.38. The number of aliphatic imine (C=N–C) groups is 1. The molecule has 0 spiro atoms. The molecule has 15 heteroatoms. The molecule has 6 rings (SSSR count). The number of nitrogens with one attached hydrogen (secondary N) is 2. The SMILES string of the molecule is CC1(C)NC(C23CC(N(Cc4ccc(C(F)(F)F)cc4)S(=O)(=O)c4ccc(F)cc4)(C2)C3)=N[C@H]1C(=O)NCCC(F)(F)F. The molecule has 0 unspecified atom stereocenters. The molecule has 2 N–H and O–H groups in total. The third kappa shape index (κ3) is 5.85. The number of amidine groups is 1. The molecular formula is C28H29F7N4O3S. The quantitative estimate of drug-likeness (QED) is 0.373. The minimum atomic E-state index is -4.56. The van der Waals surface area contributed by atoms with Crippen molar-refractivity contribution in [2.45, 2.75) is 80.4 Å². The summed E-state index contributed by atoms with van der Waals surface area (Å²) < 4.78 is 119. The van der Waals surface area contributed by atoms with E-state index in [0.29, 0.717) is 30.7 Å². The zero-order chi connectivity index (χ0) is 31.6. The van der Waals surface area contributed by atoms with Crippen LogP contribution in [0, 0.1) is 11.2 Å². The van der Waals surface area contributed by atoms with E-state index in [9.17, 15) is 43.9 Å². The van der Waals surface area contributed by atoms with Crippen molar-refractivity contribution in [1.29, 1.82) is 0 Å². The summed E-state index contributed by atoms with van der Waals surface area (Å²) in [6.07, 6.45) is -9.28. The summed E-state index contributed by atoms with van der Waals surface area (Å²) in [5.74, 6) is -0.840. The van der Waals surface area contributed by atoms with Crippen LogP contribution in [0.15, 0.2) is 58.4 Å². The van der Waals surface area contributed by atoms with Gasteiger partial charge in [0, 0.05) is 24.0 Å². The van der Waals surface area contributed by atoms with Crippen molar-refractivity contribution in [3.63, 3.8) is 0 Å². The number of halogens is 7. The molecule has 234 valence electrons. The second kappa shape index (κ2) is 10.2. The van der Waals surface area contributed by atoms with Crippen LogP contribution in [0.4, 0.5) is 30.7 Å². The Morgan fingerprint density at radius 3 is 2.12 bits per heavy atom. The summed E-state index contributed by atoms with van der Waals surface area (Å²) in [6.45, 7) is 2.56. The predicted octanol–water partition coefficient (Wildman–Crippen LogP) is 5.18. The van der Waals surface area contributed by atoms with E-state index in [-0.39, 0.29) is 11.4 Å². The highest BCUT2D eigenvalue weighted by Crippen LogP contribution is 2.71. The molecule has 2 bridgehead atoms. The Labute approximate surface area is 243 Å². The molecule has 43 heavy (non-hydrogen) atoms. The van der Waals surface area contributed by atoms with Crippen LogP contribution in [0.1, 0.15) is 50.7 Å². The van der Waals surface area contributed by atoms with Gasteiger partial charge >= 0.3 is 12.4 Å². The Kier molecular flexibility index (Phi) is 7.39. The van der Waals surface area contributed by atoms with Crippen LogP contribution < -0.4 is 10.6 Å². The zero-order valence-corrected chi connectivity index (χ0v) is 23.9. The van der Waals surface area contributed by atoms with Gasteiger partial charge in [-0.05, 0) is 75.1 Å². The van der Waals surface area contributed by atoms with Gasteiger partial charge in [0.05, 0.1) is 22.4 Å². The summed E-state index contributed by atoms with van der Waals surface area (Å²) in [6, 6.07) is 7.43. The molecule has 3 aliphatic carbocycles. The average Bonchev–Trinajstić information content (AvgIpc) is 3.15. The smallest absolute Gasteiger partial charge is 0.366 e. The molecule has 1 atom stereocenters. The van der Waals surface area contributed by atoms with Gasteiger partial charge in [0.2, 0.25) is 15.9 Å². The topological polar surface area (TPSA) is 90.9 Å². The molecule has 4 aliphatic rings. The fourth-order valence-corrected chi connectivity index (χ4v) is 7.99. The monoisotopic (exact) mass is 634 g/mol. The van der Waals surface area contributed by atoms with E-state index in [0.717, 1.165) is 36.4 Å². The molecule has 3 saturated carbocycles. The Morgan fingerprint density at radius 1 is 1.00 bits per heavy atom. The Balaban J connectivity index is 1.37. The lowest BCUT2D eigenvalue weighted by molar-refractivity contribution is -0.151. The van der Waals surface area contributed by atoms with Crippen molar-refractivity contribution in [1.82, 2.24) is 14.9 Å². The summed E-state index contributed by atoms with van der Waals surface area (Å²) in [5, 5.41) is 5.48. The van der Waals surface area contributed by atoms with Crippen LogP contribution >= 0.6 is 0 Å². The summed E-state index contributed by atoms with van der Waals surface area (Å²) in [7, 11) is -4.23. The molecule has 2 aromatic carbocycles. The molecule has 2 aromatic rings. The van der Waals surface area contributed by atoms with Gasteiger partial charge in [0.15, 0.2) is 6.04 Å². The lowest BCUT2D eigenvalue weighted by Crippen LogP contribution is -2.78. The number of benzene rings is 2. The van der Waals surface area contributed by atoms with E-state index in [2.05, 4.69) is 15.6 Å². The van der Waals surface area contributed by atoms with Crippen molar-refractivity contribution in [2.75, 3.05) is 6.54 Å². The number of sulfonamides is 1. The number of nitrogens with zero attached hydrogens (tertiary/aromatic N) is 2. The molecule has 0 aromatic heterocycles. The normalized spacial score (nSPS) is 26.3. The van der Waals surface area contributed by atoms with Gasteiger partial charge in [0.25, 0.3) is 0 Å². The Bertz CT molecular complexity index is 1520. The van der Waals surface area contributed by atoms with Gasteiger partial charge < -0.3 is 10.6 Å². The molecule has 0 radical (unpaired) electrons. The van der Waals surface area contributed by atoms with Gasteiger partial charge in [-0.3, -0.25) is 9.79 Å². The lowest BCUT2D eigenvalue weighted by Gasteiger charge is -2.73. The molecular weight excluding hydrogens is 605 g/mol. The highest BCUT2D eigenvalue weighted by atomic mass is 32.2. The van der Waals surface area contributed by atoms with Crippen LogP contribution in [-0.4, -0.2) is 54.3 Å². The molecule has 1 heterocycles. The standard InChI is InChI=1S/C28H29F7N4O3S/c1-24(2)21(22(40)36-12-11-27(30,31)32)37-23(38-24)25-14-26(15-25,16-25)39(43(41,42)20-9-7-19(29)8-10-20)13-17-3-5-18(6-4-17)28(33,34)35/h3-10,21H,11-16H2,1-2H3,(H,36,40)(H,37,38)/t21-,25?,26?/m0/s1. The van der Waals surface area contributed by atoms with Crippen LogP contribution in [0.2, 0.25) is 0 Å². The predicted molar refractivity (Wildman–Crippen MR) is 142 cm³/mol. The maximum Gasteiger partial charge on any atom is 0.416 e. The van der Waals surface area contributed by atoms with E-state index in [1.807, 2.05) is 0 Å². The summed E-state index contributed by atoms with van der Waals surface area (Å²) in [4.78, 5) is 17.0. The van der Waals surface area contributed by atoms with E-state index < -0.39 is 75.2 Å². The molecule has 0 saturated heterocycles. The van der Waals surface area contributed by atoms with Crippen molar-refractivity contribution in [2.24, 2.45) is 10.4 Å². The zero-order valence-electron chi connectivity index (χ0n) is 23.1. The first-order valence-corrected chi connectivity index (χ1v) is 14.9. The number of hydrogen-bond acceptors (Lipinski definition) is 5. The first kappa shape index (κ1) is 31.2. The molecule has 7 nitrogen and oxygen atoms in total. The van der Waals surface area contributed by atoms with Gasteiger partial charge in [-0.1, -0.05) is 12.1 Å². The van der Waals surface area contributed by atoms with E-state index in [1.165, 1.54) is 16.4 Å². The van der Waals surface area contributed by atoms with Gasteiger partial charge in [0.1, 0.15) is 11.7 Å². The molecule has 1 aliphatic heterocycles. The van der Waals surface area contributed by atoms with Crippen molar-refractivity contribution >= 4 is 21.8 Å². The second-order valence-electron chi connectivity index (χ2n) is 12.1. The largest absolute Gasteiger partial charge is 0.416 e. The van der Waals surface area contributed by atoms with Crippen LogP contribution in [-0.2, 0) is 27.5 Å². The first-order valence-electron chi connectivity index (χ1n) is 13.4. The van der Waals surface area contributed by atoms with Crippen LogP contribution in [0.25, 0.3) is 0 Å². The minimum absolute atomic E-state index is 0.173. The Hall–Kier alpha value is -3.20. The fourth-order valence-electron chi connectivity index (χ4n) is 6.23. The highest BCUT2D eigenvalue weighted by molar-refractivity contribution is 7.89. The van der Waals surface area contributed by atoms with Crippen LogP contribution in [0.3, 0.4) is 0 Å². The maximum atomic E-state index is 13.8.